The van der Waals surface area contributed by atoms with Crippen LogP contribution in [-0.4, -0.2) is 25.1 Å². The monoisotopic (exact) mass is 483 g/mol. The van der Waals surface area contributed by atoms with Crippen LogP contribution in [0.4, 0.5) is 5.69 Å². The highest BCUT2D eigenvalue weighted by molar-refractivity contribution is 9.11. The summed E-state index contributed by atoms with van der Waals surface area (Å²) in [5.74, 6) is -0.419. The summed E-state index contributed by atoms with van der Waals surface area (Å²) in [6.45, 7) is 5.14. The SMILES string of the molecule is Cc1cc(Br)c(NC(=O)COC(=O)COc2cc(C)ccc2C)c(Br)c1. The fourth-order valence-corrected chi connectivity index (χ4v) is 3.80. The van der Waals surface area contributed by atoms with E-state index in [1.54, 1.807) is 0 Å². The first-order chi connectivity index (χ1) is 12.3. The summed E-state index contributed by atoms with van der Waals surface area (Å²) in [4.78, 5) is 23.8. The number of hydrogen-bond acceptors (Lipinski definition) is 4. The zero-order chi connectivity index (χ0) is 19.3. The lowest BCUT2D eigenvalue weighted by atomic mass is 10.1. The number of nitrogens with one attached hydrogen (secondary N) is 1. The summed E-state index contributed by atoms with van der Waals surface area (Å²) >= 11 is 6.79. The molecule has 0 aliphatic heterocycles. The minimum Gasteiger partial charge on any atom is -0.482 e. The van der Waals surface area contributed by atoms with Crippen molar-refractivity contribution in [3.63, 3.8) is 0 Å². The molecule has 2 aromatic rings. The van der Waals surface area contributed by atoms with E-state index < -0.39 is 11.9 Å². The molecule has 2 rings (SSSR count). The molecule has 0 fully saturated rings. The molecule has 0 aromatic heterocycles. The van der Waals surface area contributed by atoms with Gasteiger partial charge in [-0.15, -0.1) is 0 Å². The van der Waals surface area contributed by atoms with Crippen LogP contribution in [-0.2, 0) is 14.3 Å². The van der Waals surface area contributed by atoms with E-state index in [1.807, 2.05) is 51.1 Å². The van der Waals surface area contributed by atoms with Gasteiger partial charge in [-0.05, 0) is 87.5 Å². The third kappa shape index (κ3) is 5.85. The highest BCUT2D eigenvalue weighted by Crippen LogP contribution is 2.32. The van der Waals surface area contributed by atoms with Crippen LogP contribution < -0.4 is 10.1 Å². The van der Waals surface area contributed by atoms with Crippen LogP contribution in [0.15, 0.2) is 39.3 Å². The van der Waals surface area contributed by atoms with Gasteiger partial charge < -0.3 is 14.8 Å². The highest BCUT2D eigenvalue weighted by atomic mass is 79.9. The summed E-state index contributed by atoms with van der Waals surface area (Å²) in [6.07, 6.45) is 0. The van der Waals surface area contributed by atoms with Gasteiger partial charge in [0.25, 0.3) is 5.91 Å². The number of esters is 1. The number of ether oxygens (including phenoxy) is 2. The van der Waals surface area contributed by atoms with E-state index in [4.69, 9.17) is 9.47 Å². The van der Waals surface area contributed by atoms with Gasteiger partial charge in [-0.3, -0.25) is 4.79 Å². The van der Waals surface area contributed by atoms with Crippen LogP contribution in [0.2, 0.25) is 0 Å². The Morgan fingerprint density at radius 2 is 1.62 bits per heavy atom. The fourth-order valence-electron chi connectivity index (χ4n) is 2.18. The number of amides is 1. The second-order valence-electron chi connectivity index (χ2n) is 5.87. The van der Waals surface area contributed by atoms with Crippen molar-refractivity contribution in [1.82, 2.24) is 0 Å². The minimum absolute atomic E-state index is 0.254. The van der Waals surface area contributed by atoms with Crippen LogP contribution in [0.3, 0.4) is 0 Å². The molecule has 0 unspecified atom stereocenters. The first-order valence-corrected chi connectivity index (χ1v) is 9.46. The van der Waals surface area contributed by atoms with Crippen LogP contribution in [0.1, 0.15) is 16.7 Å². The largest absolute Gasteiger partial charge is 0.482 e. The summed E-state index contributed by atoms with van der Waals surface area (Å²) < 4.78 is 11.9. The molecule has 0 atom stereocenters. The van der Waals surface area contributed by atoms with E-state index in [-0.39, 0.29) is 13.2 Å². The molecular weight excluding hydrogens is 466 g/mol. The van der Waals surface area contributed by atoms with E-state index >= 15 is 0 Å². The smallest absolute Gasteiger partial charge is 0.344 e. The quantitative estimate of drug-likeness (QED) is 0.603. The zero-order valence-electron chi connectivity index (χ0n) is 14.7. The topological polar surface area (TPSA) is 64.6 Å². The molecule has 5 nitrogen and oxygen atoms in total. The Hall–Kier alpha value is -1.86. The number of carbonyl (C=O) groups excluding carboxylic acids is 2. The standard InChI is InChI=1S/C19H19Br2NO4/c1-11-4-5-13(3)16(8-11)25-10-18(24)26-9-17(23)22-19-14(20)6-12(2)7-15(19)21/h4-8H,9-10H2,1-3H3,(H,22,23). The number of carbonyl (C=O) groups is 2. The summed E-state index contributed by atoms with van der Waals surface area (Å²) in [6, 6.07) is 9.49. The maximum atomic E-state index is 12.0. The average molecular weight is 485 g/mol. The summed E-state index contributed by atoms with van der Waals surface area (Å²) in [7, 11) is 0. The Balaban J connectivity index is 1.84. The normalized spacial score (nSPS) is 10.3. The number of halogens is 2. The Labute approximate surface area is 169 Å². The molecule has 0 saturated carbocycles. The predicted octanol–water partition coefficient (Wildman–Crippen LogP) is 4.70. The van der Waals surface area contributed by atoms with Crippen molar-refractivity contribution >= 4 is 49.4 Å². The second kappa shape index (κ2) is 9.19. The minimum atomic E-state index is -0.608. The first-order valence-electron chi connectivity index (χ1n) is 7.87. The van der Waals surface area contributed by atoms with E-state index in [1.165, 1.54) is 0 Å². The van der Waals surface area contributed by atoms with Gasteiger partial charge >= 0.3 is 5.97 Å². The maximum absolute atomic E-state index is 12.0. The molecule has 138 valence electrons. The van der Waals surface area contributed by atoms with Gasteiger partial charge in [-0.25, -0.2) is 4.79 Å². The molecular formula is C19H19Br2NO4. The second-order valence-corrected chi connectivity index (χ2v) is 7.58. The van der Waals surface area contributed by atoms with Crippen LogP contribution >= 0.6 is 31.9 Å². The Kier molecular flexibility index (Phi) is 7.23. The highest BCUT2D eigenvalue weighted by Gasteiger charge is 2.13. The van der Waals surface area contributed by atoms with E-state index in [9.17, 15) is 9.59 Å². The van der Waals surface area contributed by atoms with Gasteiger partial charge in [0, 0.05) is 8.95 Å². The Morgan fingerprint density at radius 1 is 0.962 bits per heavy atom. The van der Waals surface area contributed by atoms with Crippen molar-refractivity contribution in [3.05, 3.63) is 56.0 Å². The third-order valence-corrected chi connectivity index (χ3v) is 4.76. The van der Waals surface area contributed by atoms with Crippen LogP contribution in [0, 0.1) is 20.8 Å². The van der Waals surface area contributed by atoms with Gasteiger partial charge in [0.2, 0.25) is 0 Å². The number of hydrogen-bond donors (Lipinski definition) is 1. The van der Waals surface area contributed by atoms with Crippen molar-refractivity contribution in [2.45, 2.75) is 20.8 Å². The summed E-state index contributed by atoms with van der Waals surface area (Å²) in [5.41, 5.74) is 3.59. The molecule has 0 spiro atoms. The van der Waals surface area contributed by atoms with Crippen LogP contribution in [0.5, 0.6) is 5.75 Å². The molecule has 0 radical (unpaired) electrons. The molecule has 0 aliphatic rings. The lowest BCUT2D eigenvalue weighted by molar-refractivity contribution is -0.149. The summed E-state index contributed by atoms with van der Waals surface area (Å²) in [5, 5.41) is 2.70. The first kappa shape index (κ1) is 20.5. The van der Waals surface area contributed by atoms with E-state index in [0.29, 0.717) is 11.4 Å². The molecule has 7 heteroatoms. The van der Waals surface area contributed by atoms with Gasteiger partial charge in [-0.2, -0.15) is 0 Å². The van der Waals surface area contributed by atoms with Crippen molar-refractivity contribution < 1.29 is 19.1 Å². The average Bonchev–Trinajstić information content (AvgIpc) is 2.57. The van der Waals surface area contributed by atoms with Crippen molar-refractivity contribution in [1.29, 1.82) is 0 Å². The number of aryl methyl sites for hydroxylation is 3. The van der Waals surface area contributed by atoms with Crippen molar-refractivity contribution in [2.24, 2.45) is 0 Å². The van der Waals surface area contributed by atoms with E-state index in [2.05, 4.69) is 37.2 Å². The molecule has 0 bridgehead atoms. The third-order valence-electron chi connectivity index (χ3n) is 3.50. The lowest BCUT2D eigenvalue weighted by Gasteiger charge is -2.12. The van der Waals surface area contributed by atoms with Gasteiger partial charge in [-0.1, -0.05) is 12.1 Å². The van der Waals surface area contributed by atoms with Gasteiger partial charge in [0.15, 0.2) is 13.2 Å². The maximum Gasteiger partial charge on any atom is 0.344 e. The molecule has 26 heavy (non-hydrogen) atoms. The van der Waals surface area contributed by atoms with Crippen molar-refractivity contribution in [2.75, 3.05) is 18.5 Å². The molecule has 0 aliphatic carbocycles. The molecule has 2 aromatic carbocycles. The number of rotatable bonds is 6. The molecule has 0 saturated heterocycles. The van der Waals surface area contributed by atoms with Crippen molar-refractivity contribution in [3.8, 4) is 5.75 Å². The molecule has 1 N–H and O–H groups in total. The van der Waals surface area contributed by atoms with Gasteiger partial charge in [0.1, 0.15) is 5.75 Å². The Morgan fingerprint density at radius 3 is 2.27 bits per heavy atom. The number of anilines is 1. The zero-order valence-corrected chi connectivity index (χ0v) is 17.9. The number of benzene rings is 2. The molecule has 1 amide bonds. The van der Waals surface area contributed by atoms with Gasteiger partial charge in [0.05, 0.1) is 5.69 Å². The lowest BCUT2D eigenvalue weighted by Crippen LogP contribution is -2.24. The van der Waals surface area contributed by atoms with Crippen LogP contribution in [0.25, 0.3) is 0 Å². The van der Waals surface area contributed by atoms with E-state index in [0.717, 1.165) is 25.6 Å². The fraction of sp³-hybridized carbons (Fsp3) is 0.263. The Bertz CT molecular complexity index is 813. The molecule has 0 heterocycles. The predicted molar refractivity (Wildman–Crippen MR) is 108 cm³/mol.